The summed E-state index contributed by atoms with van der Waals surface area (Å²) in [7, 11) is 0. The predicted molar refractivity (Wildman–Crippen MR) is 98.1 cm³/mol. The molecule has 2 aromatic rings. The monoisotopic (exact) mass is 386 g/mol. The summed E-state index contributed by atoms with van der Waals surface area (Å²) in [6.45, 7) is 6.32. The van der Waals surface area contributed by atoms with Crippen molar-refractivity contribution in [1.82, 2.24) is 20.1 Å². The molecule has 0 saturated carbocycles. The van der Waals surface area contributed by atoms with Crippen molar-refractivity contribution in [3.8, 4) is 0 Å². The third kappa shape index (κ3) is 6.02. The van der Waals surface area contributed by atoms with Gasteiger partial charge in [-0.2, -0.15) is 13.2 Å². The zero-order valence-corrected chi connectivity index (χ0v) is 16.1. The molecule has 0 bridgehead atoms. The Morgan fingerprint density at radius 1 is 1.23 bits per heavy atom. The summed E-state index contributed by atoms with van der Waals surface area (Å²) in [4.78, 5) is 0. The minimum atomic E-state index is -4.30. The average Bonchev–Trinajstić information content (AvgIpc) is 2.95. The first-order valence-corrected chi connectivity index (χ1v) is 9.86. The highest BCUT2D eigenvalue weighted by molar-refractivity contribution is 7.98. The molecule has 0 aliphatic heterocycles. The number of halogens is 3. The molecule has 0 unspecified atom stereocenters. The van der Waals surface area contributed by atoms with Gasteiger partial charge in [0, 0.05) is 19.5 Å². The molecule has 8 heteroatoms. The van der Waals surface area contributed by atoms with Crippen LogP contribution in [0.4, 0.5) is 13.2 Å². The Morgan fingerprint density at radius 2 is 2.00 bits per heavy atom. The summed E-state index contributed by atoms with van der Waals surface area (Å²) in [6.07, 6.45) is -0.674. The van der Waals surface area contributed by atoms with E-state index >= 15 is 0 Å². The van der Waals surface area contributed by atoms with E-state index in [-0.39, 0.29) is 0 Å². The van der Waals surface area contributed by atoms with Gasteiger partial charge >= 0.3 is 6.18 Å². The quantitative estimate of drug-likeness (QED) is 0.512. The minimum absolute atomic E-state index is 0.415. The van der Waals surface area contributed by atoms with E-state index in [0.717, 1.165) is 36.4 Å². The van der Waals surface area contributed by atoms with Crippen molar-refractivity contribution in [3.05, 3.63) is 41.2 Å². The predicted octanol–water partition coefficient (Wildman–Crippen LogP) is 4.40. The van der Waals surface area contributed by atoms with E-state index in [9.17, 15) is 13.2 Å². The lowest BCUT2D eigenvalue weighted by atomic mass is 10.1. The van der Waals surface area contributed by atoms with Gasteiger partial charge in [-0.15, -0.1) is 10.2 Å². The van der Waals surface area contributed by atoms with E-state index in [0.29, 0.717) is 24.6 Å². The molecule has 0 saturated heterocycles. The van der Waals surface area contributed by atoms with Gasteiger partial charge in [0.15, 0.2) is 5.16 Å². The molecule has 1 aromatic heterocycles. The Balaban J connectivity index is 1.82. The van der Waals surface area contributed by atoms with Gasteiger partial charge in [-0.1, -0.05) is 43.8 Å². The van der Waals surface area contributed by atoms with E-state index in [1.165, 1.54) is 12.1 Å². The summed E-state index contributed by atoms with van der Waals surface area (Å²) < 4.78 is 40.3. The van der Waals surface area contributed by atoms with E-state index in [1.54, 1.807) is 17.8 Å². The lowest BCUT2D eigenvalue weighted by molar-refractivity contribution is -0.137. The molecular formula is C18H25F3N4S. The lowest BCUT2D eigenvalue weighted by Gasteiger charge is -2.12. The maximum atomic E-state index is 12.7. The van der Waals surface area contributed by atoms with Gasteiger partial charge in [-0.25, -0.2) is 0 Å². The fourth-order valence-corrected chi connectivity index (χ4v) is 3.19. The third-order valence-corrected chi connectivity index (χ3v) is 4.53. The molecular weight excluding hydrogens is 361 g/mol. The fraction of sp³-hybridized carbons (Fsp3) is 0.556. The summed E-state index contributed by atoms with van der Waals surface area (Å²) in [6, 6.07) is 5.43. The topological polar surface area (TPSA) is 42.7 Å². The van der Waals surface area contributed by atoms with Crippen molar-refractivity contribution in [2.45, 2.75) is 51.1 Å². The molecule has 0 aliphatic carbocycles. The van der Waals surface area contributed by atoms with Crippen LogP contribution >= 0.6 is 11.8 Å². The Kier molecular flexibility index (Phi) is 7.52. The molecule has 0 atom stereocenters. The number of hydrogen-bond donors (Lipinski definition) is 1. The van der Waals surface area contributed by atoms with Gasteiger partial charge in [0.25, 0.3) is 0 Å². The number of nitrogens with zero attached hydrogens (tertiary/aromatic N) is 3. The van der Waals surface area contributed by atoms with E-state index in [2.05, 4.69) is 33.9 Å². The van der Waals surface area contributed by atoms with Crippen LogP contribution in [0.5, 0.6) is 0 Å². The van der Waals surface area contributed by atoms with Gasteiger partial charge in [0.2, 0.25) is 0 Å². The van der Waals surface area contributed by atoms with E-state index in [4.69, 9.17) is 0 Å². The third-order valence-electron chi connectivity index (χ3n) is 3.86. The van der Waals surface area contributed by atoms with Gasteiger partial charge in [0.05, 0.1) is 5.56 Å². The van der Waals surface area contributed by atoms with Crippen LogP contribution in [0, 0.1) is 5.92 Å². The van der Waals surface area contributed by atoms with Crippen molar-refractivity contribution < 1.29 is 13.2 Å². The molecule has 26 heavy (non-hydrogen) atoms. The molecule has 0 amide bonds. The molecule has 144 valence electrons. The van der Waals surface area contributed by atoms with Crippen LogP contribution in [0.2, 0.25) is 0 Å². The number of aryl methyl sites for hydroxylation is 1. The van der Waals surface area contributed by atoms with Gasteiger partial charge in [-0.3, -0.25) is 0 Å². The minimum Gasteiger partial charge on any atom is -0.313 e. The largest absolute Gasteiger partial charge is 0.416 e. The molecule has 1 N–H and O–H groups in total. The van der Waals surface area contributed by atoms with Crippen LogP contribution in [-0.2, 0) is 25.7 Å². The lowest BCUT2D eigenvalue weighted by Crippen LogP contribution is -2.17. The van der Waals surface area contributed by atoms with Crippen LogP contribution in [0.15, 0.2) is 29.4 Å². The first-order chi connectivity index (χ1) is 12.3. The van der Waals surface area contributed by atoms with Crippen molar-refractivity contribution in [2.75, 3.05) is 12.8 Å². The number of benzene rings is 1. The second-order valence-corrected chi connectivity index (χ2v) is 7.36. The van der Waals surface area contributed by atoms with Crippen LogP contribution in [-0.4, -0.2) is 27.6 Å². The Labute approximate surface area is 156 Å². The molecule has 1 heterocycles. The van der Waals surface area contributed by atoms with Crippen LogP contribution in [0.25, 0.3) is 0 Å². The number of hydrogen-bond acceptors (Lipinski definition) is 4. The maximum Gasteiger partial charge on any atom is 0.416 e. The Morgan fingerprint density at radius 3 is 2.65 bits per heavy atom. The second kappa shape index (κ2) is 9.41. The van der Waals surface area contributed by atoms with Gasteiger partial charge in [-0.05, 0) is 36.8 Å². The number of alkyl halides is 3. The second-order valence-electron chi connectivity index (χ2n) is 6.59. The molecule has 1 aromatic carbocycles. The summed E-state index contributed by atoms with van der Waals surface area (Å²) in [5.41, 5.74) is 0.0238. The first kappa shape index (κ1) is 20.8. The highest BCUT2D eigenvalue weighted by atomic mass is 32.2. The first-order valence-electron chi connectivity index (χ1n) is 8.64. The van der Waals surface area contributed by atoms with Crippen LogP contribution in [0.1, 0.15) is 37.2 Å². The fourth-order valence-electron chi connectivity index (χ4n) is 2.67. The Bertz CT molecular complexity index is 698. The highest BCUT2D eigenvalue weighted by Crippen LogP contribution is 2.29. The highest BCUT2D eigenvalue weighted by Gasteiger charge is 2.30. The average molecular weight is 386 g/mol. The van der Waals surface area contributed by atoms with Crippen LogP contribution in [0.3, 0.4) is 0 Å². The van der Waals surface area contributed by atoms with Crippen molar-refractivity contribution in [3.63, 3.8) is 0 Å². The number of thioether (sulfide) groups is 1. The molecule has 0 radical (unpaired) electrons. The van der Waals surface area contributed by atoms with Crippen LogP contribution < -0.4 is 5.32 Å². The Hall–Kier alpha value is -1.54. The molecule has 4 nitrogen and oxygen atoms in total. The summed E-state index contributed by atoms with van der Waals surface area (Å²) in [5.74, 6) is 1.47. The molecule has 0 fully saturated rings. The number of rotatable bonds is 9. The van der Waals surface area contributed by atoms with Crippen molar-refractivity contribution >= 4 is 11.8 Å². The molecule has 0 spiro atoms. The van der Waals surface area contributed by atoms with Gasteiger partial charge in [0.1, 0.15) is 5.82 Å². The maximum absolute atomic E-state index is 12.7. The molecule has 0 aliphatic rings. The summed E-state index contributed by atoms with van der Waals surface area (Å²) >= 11 is 1.58. The van der Waals surface area contributed by atoms with Gasteiger partial charge < -0.3 is 9.88 Å². The normalized spacial score (nSPS) is 12.1. The van der Waals surface area contributed by atoms with Crippen molar-refractivity contribution in [1.29, 1.82) is 0 Å². The SMILES string of the molecule is CSc1nnc(CCCNCc2cccc(C(F)(F)F)c2)n1CC(C)C. The number of aromatic nitrogens is 3. The zero-order valence-electron chi connectivity index (χ0n) is 15.3. The van der Waals surface area contributed by atoms with Crippen molar-refractivity contribution in [2.24, 2.45) is 5.92 Å². The zero-order chi connectivity index (χ0) is 19.2. The van der Waals surface area contributed by atoms with E-state index < -0.39 is 11.7 Å². The van der Waals surface area contributed by atoms with E-state index in [1.807, 2.05) is 6.26 Å². The number of nitrogens with one attached hydrogen (secondary N) is 1. The standard InChI is InChI=1S/C18H25F3N4S/c1-13(2)12-25-16(23-24-17(25)26-3)8-5-9-22-11-14-6-4-7-15(10-14)18(19,20)21/h4,6-7,10,13,22H,5,8-9,11-12H2,1-3H3. The summed E-state index contributed by atoms with van der Waals surface area (Å²) in [5, 5.41) is 12.6. The molecule has 2 rings (SSSR count). The smallest absolute Gasteiger partial charge is 0.313 e.